The molecule has 1 amide bonds. The van der Waals surface area contributed by atoms with Gasteiger partial charge in [-0.25, -0.2) is 9.97 Å². The summed E-state index contributed by atoms with van der Waals surface area (Å²) >= 11 is 0. The number of likely N-dealkylation sites (N-methyl/N-ethyl adjacent to an activating group) is 1. The molecule has 3 aliphatic rings. The van der Waals surface area contributed by atoms with E-state index < -0.39 is 0 Å². The van der Waals surface area contributed by atoms with Gasteiger partial charge >= 0.3 is 0 Å². The van der Waals surface area contributed by atoms with E-state index in [2.05, 4.69) is 21.9 Å². The van der Waals surface area contributed by atoms with Crippen LogP contribution >= 0.6 is 0 Å². The molecular weight excluding hydrogens is 304 g/mol. The summed E-state index contributed by atoms with van der Waals surface area (Å²) in [5.41, 5.74) is 2.22. The average Bonchev–Trinajstić information content (AvgIpc) is 3.46. The molecular formula is C18H26N4O2. The molecule has 1 saturated carbocycles. The van der Waals surface area contributed by atoms with Gasteiger partial charge in [0.2, 0.25) is 5.91 Å². The van der Waals surface area contributed by atoms with Crippen LogP contribution in [-0.4, -0.2) is 53.6 Å². The van der Waals surface area contributed by atoms with Crippen LogP contribution in [0.4, 0.5) is 5.82 Å². The van der Waals surface area contributed by atoms with E-state index in [1.54, 1.807) is 6.33 Å². The third kappa shape index (κ3) is 3.24. The van der Waals surface area contributed by atoms with Gasteiger partial charge in [0, 0.05) is 38.2 Å². The molecule has 6 heteroatoms. The van der Waals surface area contributed by atoms with Crippen molar-refractivity contribution in [3.63, 3.8) is 0 Å². The highest BCUT2D eigenvalue weighted by molar-refractivity contribution is 5.81. The Balaban J connectivity index is 1.47. The zero-order valence-electron chi connectivity index (χ0n) is 14.4. The van der Waals surface area contributed by atoms with Crippen molar-refractivity contribution in [2.75, 3.05) is 31.6 Å². The lowest BCUT2D eigenvalue weighted by atomic mass is 10.0. The number of fused-ring (bicyclic) bond motifs is 1. The number of carbonyl (C=O) groups is 1. The zero-order valence-corrected chi connectivity index (χ0v) is 14.4. The molecule has 130 valence electrons. The Bertz CT molecular complexity index is 611. The molecule has 3 heterocycles. The van der Waals surface area contributed by atoms with E-state index in [1.165, 1.54) is 18.4 Å². The number of amides is 1. The smallest absolute Gasteiger partial charge is 0.226 e. The topological polar surface area (TPSA) is 58.6 Å². The highest BCUT2D eigenvalue weighted by Gasteiger charge is 2.35. The van der Waals surface area contributed by atoms with Gasteiger partial charge in [-0.3, -0.25) is 4.79 Å². The lowest BCUT2D eigenvalue weighted by molar-refractivity contribution is -0.133. The van der Waals surface area contributed by atoms with Gasteiger partial charge < -0.3 is 14.5 Å². The van der Waals surface area contributed by atoms with Gasteiger partial charge in [0.1, 0.15) is 12.1 Å². The van der Waals surface area contributed by atoms with E-state index in [9.17, 15) is 4.79 Å². The summed E-state index contributed by atoms with van der Waals surface area (Å²) < 4.78 is 5.86. The molecule has 2 aliphatic heterocycles. The van der Waals surface area contributed by atoms with Crippen LogP contribution in [0.2, 0.25) is 0 Å². The van der Waals surface area contributed by atoms with E-state index in [-0.39, 0.29) is 5.92 Å². The van der Waals surface area contributed by atoms with Crippen molar-refractivity contribution in [3.8, 4) is 0 Å². The van der Waals surface area contributed by atoms with Gasteiger partial charge in [0.05, 0.1) is 18.3 Å². The summed E-state index contributed by atoms with van der Waals surface area (Å²) in [6, 6.07) is 0. The van der Waals surface area contributed by atoms with E-state index in [1.807, 2.05) is 4.90 Å². The highest BCUT2D eigenvalue weighted by Crippen LogP contribution is 2.33. The molecule has 0 radical (unpaired) electrons. The van der Waals surface area contributed by atoms with Crippen molar-refractivity contribution in [2.45, 2.75) is 51.2 Å². The first-order chi connectivity index (χ1) is 11.7. The molecule has 0 N–H and O–H groups in total. The van der Waals surface area contributed by atoms with Crippen molar-refractivity contribution < 1.29 is 9.53 Å². The van der Waals surface area contributed by atoms with Crippen molar-refractivity contribution >= 4 is 11.7 Å². The summed E-state index contributed by atoms with van der Waals surface area (Å²) in [4.78, 5) is 25.5. The van der Waals surface area contributed by atoms with Crippen LogP contribution in [0.15, 0.2) is 6.33 Å². The van der Waals surface area contributed by atoms with Crippen LogP contribution in [-0.2, 0) is 22.5 Å². The molecule has 0 bridgehead atoms. The van der Waals surface area contributed by atoms with E-state index in [0.29, 0.717) is 18.6 Å². The molecule has 24 heavy (non-hydrogen) atoms. The van der Waals surface area contributed by atoms with Crippen LogP contribution in [0.5, 0.6) is 0 Å². The number of rotatable bonds is 4. The molecule has 0 spiro atoms. The number of ether oxygens (including phenoxy) is 1. The molecule has 1 aliphatic carbocycles. The fraction of sp³-hybridized carbons (Fsp3) is 0.722. The van der Waals surface area contributed by atoms with Gasteiger partial charge in [-0.05, 0) is 38.5 Å². The first-order valence-corrected chi connectivity index (χ1v) is 9.16. The SMILES string of the molecule is CN(CC1CCCCO1)c1ncnc2c1CCN(C(=O)C1CC1)C2. The Morgan fingerprint density at radius 2 is 2.21 bits per heavy atom. The highest BCUT2D eigenvalue weighted by atomic mass is 16.5. The van der Waals surface area contributed by atoms with E-state index in [4.69, 9.17) is 4.74 Å². The minimum absolute atomic E-state index is 0.277. The molecule has 2 fully saturated rings. The maximum atomic E-state index is 12.3. The molecule has 1 aromatic rings. The van der Waals surface area contributed by atoms with Crippen LogP contribution in [0.25, 0.3) is 0 Å². The zero-order chi connectivity index (χ0) is 16.5. The molecule has 4 rings (SSSR count). The van der Waals surface area contributed by atoms with Crippen LogP contribution in [0.1, 0.15) is 43.4 Å². The lowest BCUT2D eigenvalue weighted by Crippen LogP contribution is -2.39. The van der Waals surface area contributed by atoms with Crippen molar-refractivity contribution in [2.24, 2.45) is 5.92 Å². The monoisotopic (exact) mass is 330 g/mol. The van der Waals surface area contributed by atoms with Gasteiger partial charge in [-0.1, -0.05) is 0 Å². The molecule has 6 nitrogen and oxygen atoms in total. The quantitative estimate of drug-likeness (QED) is 0.842. The summed E-state index contributed by atoms with van der Waals surface area (Å²) in [5, 5.41) is 0. The van der Waals surface area contributed by atoms with Crippen LogP contribution in [0.3, 0.4) is 0 Å². The van der Waals surface area contributed by atoms with Crippen LogP contribution < -0.4 is 4.90 Å². The van der Waals surface area contributed by atoms with Crippen LogP contribution in [0, 0.1) is 5.92 Å². The third-order valence-electron chi connectivity index (χ3n) is 5.34. The molecule has 1 atom stereocenters. The van der Waals surface area contributed by atoms with Crippen molar-refractivity contribution in [1.29, 1.82) is 0 Å². The number of nitrogens with zero attached hydrogens (tertiary/aromatic N) is 4. The fourth-order valence-corrected chi connectivity index (χ4v) is 3.79. The Labute approximate surface area is 143 Å². The average molecular weight is 330 g/mol. The minimum atomic E-state index is 0.277. The van der Waals surface area contributed by atoms with E-state index >= 15 is 0 Å². The van der Waals surface area contributed by atoms with Gasteiger partial charge in [0.25, 0.3) is 0 Å². The number of anilines is 1. The maximum absolute atomic E-state index is 12.3. The predicted molar refractivity (Wildman–Crippen MR) is 90.7 cm³/mol. The number of carbonyl (C=O) groups excluding carboxylic acids is 1. The van der Waals surface area contributed by atoms with Gasteiger partial charge in [0.15, 0.2) is 0 Å². The number of aromatic nitrogens is 2. The first-order valence-electron chi connectivity index (χ1n) is 9.16. The second kappa shape index (κ2) is 6.67. The number of hydrogen-bond donors (Lipinski definition) is 0. The lowest BCUT2D eigenvalue weighted by Gasteiger charge is -2.32. The standard InChI is InChI=1S/C18H26N4O2/c1-21(10-14-4-2-3-9-24-14)17-15-7-8-22(18(23)13-5-6-13)11-16(15)19-12-20-17/h12-14H,2-11H2,1H3. The summed E-state index contributed by atoms with van der Waals surface area (Å²) in [6.45, 7) is 3.16. The van der Waals surface area contributed by atoms with Gasteiger partial charge in [-0.15, -0.1) is 0 Å². The second-order valence-corrected chi connectivity index (χ2v) is 7.28. The van der Waals surface area contributed by atoms with Gasteiger partial charge in [-0.2, -0.15) is 0 Å². The Morgan fingerprint density at radius 3 is 2.96 bits per heavy atom. The maximum Gasteiger partial charge on any atom is 0.226 e. The van der Waals surface area contributed by atoms with E-state index in [0.717, 1.165) is 56.9 Å². The summed E-state index contributed by atoms with van der Waals surface area (Å²) in [7, 11) is 2.09. The summed E-state index contributed by atoms with van der Waals surface area (Å²) in [5.74, 6) is 1.59. The normalized spacial score (nSPS) is 23.7. The first kappa shape index (κ1) is 15.8. The summed E-state index contributed by atoms with van der Waals surface area (Å²) in [6.07, 6.45) is 8.44. The minimum Gasteiger partial charge on any atom is -0.376 e. The Morgan fingerprint density at radius 1 is 1.33 bits per heavy atom. The van der Waals surface area contributed by atoms with Crippen molar-refractivity contribution in [1.82, 2.24) is 14.9 Å². The molecule has 1 aromatic heterocycles. The Hall–Kier alpha value is -1.69. The van der Waals surface area contributed by atoms with Crippen molar-refractivity contribution in [3.05, 3.63) is 17.6 Å². The Kier molecular flexibility index (Phi) is 4.39. The largest absolute Gasteiger partial charge is 0.376 e. The second-order valence-electron chi connectivity index (χ2n) is 7.28. The molecule has 1 saturated heterocycles. The molecule has 0 aromatic carbocycles. The predicted octanol–water partition coefficient (Wildman–Crippen LogP) is 1.78. The fourth-order valence-electron chi connectivity index (χ4n) is 3.79. The third-order valence-corrected chi connectivity index (χ3v) is 5.34. The number of hydrogen-bond acceptors (Lipinski definition) is 5. The molecule has 1 unspecified atom stereocenters.